The second-order valence-corrected chi connectivity index (χ2v) is 4.71. The second kappa shape index (κ2) is 5.78. The zero-order valence-corrected chi connectivity index (χ0v) is 10.8. The molecule has 2 nitrogen and oxygen atoms in total. The molecule has 0 aliphatic rings. The highest BCUT2D eigenvalue weighted by Gasteiger charge is 2.07. The number of ketones is 1. The minimum absolute atomic E-state index is 0.0986. The van der Waals surface area contributed by atoms with Crippen molar-refractivity contribution in [3.05, 3.63) is 48.0 Å². The van der Waals surface area contributed by atoms with Crippen molar-refractivity contribution in [2.24, 2.45) is 0 Å². The van der Waals surface area contributed by atoms with Gasteiger partial charge in [0.05, 0.1) is 6.10 Å². The van der Waals surface area contributed by atoms with Gasteiger partial charge < -0.3 is 4.74 Å². The third kappa shape index (κ3) is 3.17. The Morgan fingerprint density at radius 3 is 2.61 bits per heavy atom. The Labute approximate surface area is 108 Å². The number of Topliss-reactive ketones (excluding diaryl/α,β-unsaturated/α-hetero) is 1. The van der Waals surface area contributed by atoms with Gasteiger partial charge in [0.25, 0.3) is 0 Å². The molecule has 2 rings (SSSR count). The molecule has 2 aromatic carbocycles. The van der Waals surface area contributed by atoms with Gasteiger partial charge in [-0.25, -0.2) is 0 Å². The highest BCUT2D eigenvalue weighted by molar-refractivity contribution is 5.91. The van der Waals surface area contributed by atoms with E-state index in [0.29, 0.717) is 6.42 Å². The normalized spacial score (nSPS) is 11.1. The summed E-state index contributed by atoms with van der Waals surface area (Å²) in [6.07, 6.45) is 0.537. The first-order valence-corrected chi connectivity index (χ1v) is 6.27. The molecule has 0 spiro atoms. The molecule has 0 heterocycles. The van der Waals surface area contributed by atoms with E-state index in [1.807, 2.05) is 38.1 Å². The molecule has 0 saturated heterocycles. The summed E-state index contributed by atoms with van der Waals surface area (Å²) in [6.45, 7) is 4.07. The average molecular weight is 242 g/mol. The van der Waals surface area contributed by atoms with Crippen LogP contribution in [-0.2, 0) is 16.0 Å². The van der Waals surface area contributed by atoms with E-state index in [1.54, 1.807) is 0 Å². The largest absolute Gasteiger partial charge is 0.371 e. The summed E-state index contributed by atoms with van der Waals surface area (Å²) in [5.74, 6) is 0.125. The van der Waals surface area contributed by atoms with E-state index in [4.69, 9.17) is 4.74 Å². The van der Waals surface area contributed by atoms with Gasteiger partial charge in [-0.15, -0.1) is 0 Å². The van der Waals surface area contributed by atoms with E-state index in [-0.39, 0.29) is 18.5 Å². The molecule has 0 radical (unpaired) electrons. The van der Waals surface area contributed by atoms with Gasteiger partial charge in [-0.05, 0) is 30.2 Å². The zero-order valence-electron chi connectivity index (χ0n) is 10.8. The molecule has 0 saturated carbocycles. The van der Waals surface area contributed by atoms with Crippen LogP contribution < -0.4 is 0 Å². The minimum Gasteiger partial charge on any atom is -0.371 e. The molecule has 0 aliphatic carbocycles. The highest BCUT2D eigenvalue weighted by Crippen LogP contribution is 2.19. The van der Waals surface area contributed by atoms with Gasteiger partial charge in [-0.3, -0.25) is 4.79 Å². The van der Waals surface area contributed by atoms with Gasteiger partial charge in [0.15, 0.2) is 5.78 Å². The van der Waals surface area contributed by atoms with Crippen LogP contribution in [0.25, 0.3) is 10.8 Å². The summed E-state index contributed by atoms with van der Waals surface area (Å²) in [7, 11) is 0. The van der Waals surface area contributed by atoms with E-state index in [1.165, 1.54) is 5.39 Å². The molecule has 0 aliphatic heterocycles. The number of carbonyl (C=O) groups is 1. The van der Waals surface area contributed by atoms with Crippen LogP contribution in [0, 0.1) is 0 Å². The molecule has 0 aromatic heterocycles. The Balaban J connectivity index is 2.14. The van der Waals surface area contributed by atoms with Crippen LogP contribution in [0.2, 0.25) is 0 Å². The smallest absolute Gasteiger partial charge is 0.162 e. The number of fused-ring (bicyclic) bond motifs is 1. The Morgan fingerprint density at radius 2 is 1.83 bits per heavy atom. The fourth-order valence-corrected chi connectivity index (χ4v) is 1.97. The number of hydrogen-bond acceptors (Lipinski definition) is 2. The number of hydrogen-bond donors (Lipinski definition) is 0. The van der Waals surface area contributed by atoms with Gasteiger partial charge in [0.1, 0.15) is 6.61 Å². The van der Waals surface area contributed by atoms with Crippen molar-refractivity contribution in [3.8, 4) is 0 Å². The van der Waals surface area contributed by atoms with Gasteiger partial charge in [0, 0.05) is 6.42 Å². The first-order valence-electron chi connectivity index (χ1n) is 6.27. The van der Waals surface area contributed by atoms with Crippen molar-refractivity contribution in [1.82, 2.24) is 0 Å². The SMILES string of the molecule is CC(C)OCC(=O)Cc1cccc2ccccc12. The quantitative estimate of drug-likeness (QED) is 0.803. The third-order valence-electron chi connectivity index (χ3n) is 2.85. The van der Waals surface area contributed by atoms with Crippen molar-refractivity contribution in [1.29, 1.82) is 0 Å². The van der Waals surface area contributed by atoms with Crippen molar-refractivity contribution < 1.29 is 9.53 Å². The molecular formula is C16H18O2. The molecule has 2 aromatic rings. The van der Waals surface area contributed by atoms with Crippen molar-refractivity contribution >= 4 is 16.6 Å². The molecule has 2 heteroatoms. The lowest BCUT2D eigenvalue weighted by molar-refractivity contribution is -0.124. The van der Waals surface area contributed by atoms with Crippen molar-refractivity contribution in [2.75, 3.05) is 6.61 Å². The number of ether oxygens (including phenoxy) is 1. The van der Waals surface area contributed by atoms with Crippen LogP contribution in [0.5, 0.6) is 0 Å². The predicted octanol–water partition coefficient (Wildman–Crippen LogP) is 3.38. The Morgan fingerprint density at radius 1 is 1.11 bits per heavy atom. The molecule has 0 fully saturated rings. The fourth-order valence-electron chi connectivity index (χ4n) is 1.97. The lowest BCUT2D eigenvalue weighted by atomic mass is 10.0. The minimum atomic E-state index is 0.0986. The molecular weight excluding hydrogens is 224 g/mol. The van der Waals surface area contributed by atoms with Gasteiger partial charge >= 0.3 is 0 Å². The van der Waals surface area contributed by atoms with E-state index in [0.717, 1.165) is 10.9 Å². The van der Waals surface area contributed by atoms with Gasteiger partial charge in [-0.2, -0.15) is 0 Å². The molecule has 0 unspecified atom stereocenters. The monoisotopic (exact) mass is 242 g/mol. The average Bonchev–Trinajstić information content (AvgIpc) is 2.37. The summed E-state index contributed by atoms with van der Waals surface area (Å²) in [4.78, 5) is 11.8. The predicted molar refractivity (Wildman–Crippen MR) is 73.7 cm³/mol. The maximum Gasteiger partial charge on any atom is 0.162 e. The summed E-state index contributed by atoms with van der Waals surface area (Å²) < 4.78 is 5.34. The summed E-state index contributed by atoms with van der Waals surface area (Å²) in [5, 5.41) is 2.32. The maximum absolute atomic E-state index is 11.8. The second-order valence-electron chi connectivity index (χ2n) is 4.71. The summed E-state index contributed by atoms with van der Waals surface area (Å²) >= 11 is 0. The van der Waals surface area contributed by atoms with Crippen LogP contribution in [0.4, 0.5) is 0 Å². The van der Waals surface area contributed by atoms with E-state index in [2.05, 4.69) is 18.2 Å². The fraction of sp³-hybridized carbons (Fsp3) is 0.312. The maximum atomic E-state index is 11.8. The summed E-state index contributed by atoms with van der Waals surface area (Å²) in [5.41, 5.74) is 1.07. The lowest BCUT2D eigenvalue weighted by Gasteiger charge is -2.08. The first-order chi connectivity index (χ1) is 8.66. The zero-order chi connectivity index (χ0) is 13.0. The topological polar surface area (TPSA) is 26.3 Å². The Hall–Kier alpha value is -1.67. The standard InChI is InChI=1S/C16H18O2/c1-12(2)18-11-15(17)10-14-8-5-7-13-6-3-4-9-16(13)14/h3-9,12H,10-11H2,1-2H3. The van der Waals surface area contributed by atoms with E-state index < -0.39 is 0 Å². The molecule has 0 amide bonds. The Bertz CT molecular complexity index is 538. The van der Waals surface area contributed by atoms with Crippen molar-refractivity contribution in [2.45, 2.75) is 26.4 Å². The van der Waals surface area contributed by atoms with Crippen LogP contribution in [0.15, 0.2) is 42.5 Å². The van der Waals surface area contributed by atoms with Crippen LogP contribution in [0.1, 0.15) is 19.4 Å². The van der Waals surface area contributed by atoms with E-state index in [9.17, 15) is 4.79 Å². The van der Waals surface area contributed by atoms with Crippen LogP contribution in [-0.4, -0.2) is 18.5 Å². The van der Waals surface area contributed by atoms with Gasteiger partial charge in [0.2, 0.25) is 0 Å². The van der Waals surface area contributed by atoms with E-state index >= 15 is 0 Å². The van der Waals surface area contributed by atoms with Crippen LogP contribution >= 0.6 is 0 Å². The molecule has 0 bridgehead atoms. The molecule has 18 heavy (non-hydrogen) atoms. The number of benzene rings is 2. The molecule has 94 valence electrons. The van der Waals surface area contributed by atoms with Crippen LogP contribution in [0.3, 0.4) is 0 Å². The first kappa shape index (κ1) is 12.8. The number of carbonyl (C=O) groups excluding carboxylic acids is 1. The number of rotatable bonds is 5. The molecule has 0 N–H and O–H groups in total. The van der Waals surface area contributed by atoms with Crippen molar-refractivity contribution in [3.63, 3.8) is 0 Å². The summed E-state index contributed by atoms with van der Waals surface area (Å²) in [6, 6.07) is 14.2. The highest BCUT2D eigenvalue weighted by atomic mass is 16.5. The Kier molecular flexibility index (Phi) is 4.11. The van der Waals surface area contributed by atoms with Gasteiger partial charge in [-0.1, -0.05) is 42.5 Å². The third-order valence-corrected chi connectivity index (χ3v) is 2.85. The lowest BCUT2D eigenvalue weighted by Crippen LogP contribution is -2.15. The molecule has 0 atom stereocenters.